The third-order valence-corrected chi connectivity index (χ3v) is 2.70. The molecule has 0 spiro atoms. The highest BCUT2D eigenvalue weighted by Crippen LogP contribution is 2.33. The second-order valence-corrected chi connectivity index (χ2v) is 4.65. The van der Waals surface area contributed by atoms with Gasteiger partial charge in [-0.25, -0.2) is 4.39 Å². The van der Waals surface area contributed by atoms with E-state index in [0.717, 1.165) is 6.07 Å². The molecule has 0 N–H and O–H groups in total. The summed E-state index contributed by atoms with van der Waals surface area (Å²) in [5.41, 5.74) is -1.27. The molecule has 2 aromatic rings. The van der Waals surface area contributed by atoms with E-state index >= 15 is 0 Å². The minimum absolute atomic E-state index is 0.00803. The minimum atomic E-state index is -4.76. The first-order valence-electron chi connectivity index (χ1n) is 5.64. The molecule has 0 atom stereocenters. The standard InChI is InChI=1S/C12H9ClF4N4/c1-21(2)11-19-9(18-10(13)20-11)6-3-4-7(8(14)5-6)12(15,16)17/h3-5H,1-2H3. The smallest absolute Gasteiger partial charge is 0.347 e. The van der Waals surface area contributed by atoms with E-state index in [4.69, 9.17) is 11.6 Å². The summed E-state index contributed by atoms with van der Waals surface area (Å²) in [5, 5.41) is -0.135. The van der Waals surface area contributed by atoms with E-state index in [0.29, 0.717) is 12.1 Å². The van der Waals surface area contributed by atoms with Gasteiger partial charge in [-0.1, -0.05) is 6.07 Å². The molecule has 0 saturated heterocycles. The lowest BCUT2D eigenvalue weighted by atomic mass is 10.1. The van der Waals surface area contributed by atoms with Gasteiger partial charge in [0.05, 0.1) is 5.56 Å². The third kappa shape index (κ3) is 3.38. The van der Waals surface area contributed by atoms with E-state index in [1.54, 1.807) is 14.1 Å². The van der Waals surface area contributed by atoms with E-state index in [1.165, 1.54) is 4.90 Å². The van der Waals surface area contributed by atoms with Crippen LogP contribution in [0.5, 0.6) is 0 Å². The Bertz CT molecular complexity index is 673. The number of hydrogen-bond acceptors (Lipinski definition) is 4. The van der Waals surface area contributed by atoms with Crippen molar-refractivity contribution in [3.63, 3.8) is 0 Å². The van der Waals surface area contributed by atoms with E-state index in [1.807, 2.05) is 0 Å². The summed E-state index contributed by atoms with van der Waals surface area (Å²) >= 11 is 5.72. The summed E-state index contributed by atoms with van der Waals surface area (Å²) in [6.07, 6.45) is -4.76. The van der Waals surface area contributed by atoms with Crippen LogP contribution in [0, 0.1) is 5.82 Å². The van der Waals surface area contributed by atoms with Gasteiger partial charge in [0.15, 0.2) is 5.82 Å². The normalized spacial score (nSPS) is 11.6. The first-order valence-corrected chi connectivity index (χ1v) is 6.02. The van der Waals surface area contributed by atoms with Crippen LogP contribution in [0.3, 0.4) is 0 Å². The molecular weight excluding hydrogens is 312 g/mol. The van der Waals surface area contributed by atoms with Gasteiger partial charge in [-0.3, -0.25) is 0 Å². The van der Waals surface area contributed by atoms with Gasteiger partial charge in [0, 0.05) is 19.7 Å². The zero-order valence-electron chi connectivity index (χ0n) is 10.9. The molecular formula is C12H9ClF4N4. The fourth-order valence-corrected chi connectivity index (χ4v) is 1.71. The lowest BCUT2D eigenvalue weighted by molar-refractivity contribution is -0.139. The number of aromatic nitrogens is 3. The summed E-state index contributed by atoms with van der Waals surface area (Å²) < 4.78 is 51.1. The number of anilines is 1. The first-order chi connectivity index (χ1) is 9.68. The van der Waals surface area contributed by atoms with Crippen molar-refractivity contribution < 1.29 is 17.6 Å². The number of halogens is 5. The van der Waals surface area contributed by atoms with Crippen LogP contribution < -0.4 is 4.90 Å². The lowest BCUT2D eigenvalue weighted by Crippen LogP contribution is -2.14. The van der Waals surface area contributed by atoms with Crippen LogP contribution in [0.2, 0.25) is 5.28 Å². The first kappa shape index (κ1) is 15.4. The Morgan fingerprint density at radius 1 is 1.10 bits per heavy atom. The van der Waals surface area contributed by atoms with Crippen LogP contribution in [0.15, 0.2) is 18.2 Å². The molecule has 0 amide bonds. The van der Waals surface area contributed by atoms with Gasteiger partial charge in [-0.2, -0.15) is 28.1 Å². The molecule has 0 aliphatic rings. The molecule has 0 radical (unpaired) electrons. The van der Waals surface area contributed by atoms with Gasteiger partial charge in [0.2, 0.25) is 11.2 Å². The van der Waals surface area contributed by atoms with Crippen molar-refractivity contribution in [1.29, 1.82) is 0 Å². The Kier molecular flexibility index (Phi) is 3.99. The highest BCUT2D eigenvalue weighted by Gasteiger charge is 2.34. The van der Waals surface area contributed by atoms with E-state index in [2.05, 4.69) is 15.0 Å². The van der Waals surface area contributed by atoms with Crippen molar-refractivity contribution in [3.8, 4) is 11.4 Å². The number of nitrogens with zero attached hydrogens (tertiary/aromatic N) is 4. The van der Waals surface area contributed by atoms with Crippen molar-refractivity contribution in [1.82, 2.24) is 15.0 Å². The number of benzene rings is 1. The number of alkyl halides is 3. The zero-order valence-corrected chi connectivity index (χ0v) is 11.7. The van der Waals surface area contributed by atoms with Crippen molar-refractivity contribution in [2.45, 2.75) is 6.18 Å². The maximum absolute atomic E-state index is 13.6. The van der Waals surface area contributed by atoms with Gasteiger partial charge in [-0.15, -0.1) is 0 Å². The van der Waals surface area contributed by atoms with Crippen molar-refractivity contribution in [3.05, 3.63) is 34.9 Å². The quantitative estimate of drug-likeness (QED) is 0.795. The molecule has 0 aliphatic heterocycles. The van der Waals surface area contributed by atoms with Crippen LogP contribution in [0.1, 0.15) is 5.56 Å². The summed E-state index contributed by atoms with van der Waals surface area (Å²) in [6.45, 7) is 0. The van der Waals surface area contributed by atoms with E-state index in [-0.39, 0.29) is 22.6 Å². The Hall–Kier alpha value is -1.96. The SMILES string of the molecule is CN(C)c1nc(Cl)nc(-c2ccc(C(F)(F)F)c(F)c2)n1. The van der Waals surface area contributed by atoms with Crippen LogP contribution in [0.25, 0.3) is 11.4 Å². The molecule has 112 valence electrons. The molecule has 21 heavy (non-hydrogen) atoms. The lowest BCUT2D eigenvalue weighted by Gasteiger charge is -2.12. The molecule has 4 nitrogen and oxygen atoms in total. The van der Waals surface area contributed by atoms with Crippen LogP contribution in [0.4, 0.5) is 23.5 Å². The van der Waals surface area contributed by atoms with Gasteiger partial charge < -0.3 is 4.90 Å². The Labute approximate surface area is 122 Å². The van der Waals surface area contributed by atoms with Gasteiger partial charge in [0.1, 0.15) is 5.82 Å². The maximum Gasteiger partial charge on any atom is 0.419 e. The summed E-state index contributed by atoms with van der Waals surface area (Å²) in [6, 6.07) is 2.43. The van der Waals surface area contributed by atoms with Crippen molar-refractivity contribution >= 4 is 17.5 Å². The average Bonchev–Trinajstić information content (AvgIpc) is 2.36. The van der Waals surface area contributed by atoms with Crippen LogP contribution >= 0.6 is 11.6 Å². The topological polar surface area (TPSA) is 41.9 Å². The van der Waals surface area contributed by atoms with Gasteiger partial charge in [-0.05, 0) is 23.7 Å². The largest absolute Gasteiger partial charge is 0.419 e. The second kappa shape index (κ2) is 5.44. The van der Waals surface area contributed by atoms with Crippen LogP contribution in [-0.2, 0) is 6.18 Å². The summed E-state index contributed by atoms with van der Waals surface area (Å²) in [5.74, 6) is -1.19. The molecule has 1 heterocycles. The molecule has 0 fully saturated rings. The minimum Gasteiger partial charge on any atom is -0.347 e. The zero-order chi connectivity index (χ0) is 15.8. The fourth-order valence-electron chi connectivity index (χ4n) is 1.55. The molecule has 0 saturated carbocycles. The highest BCUT2D eigenvalue weighted by atomic mass is 35.5. The van der Waals surface area contributed by atoms with Gasteiger partial charge >= 0.3 is 6.18 Å². The summed E-state index contributed by atoms with van der Waals surface area (Å²) in [7, 11) is 3.31. The molecule has 0 aliphatic carbocycles. The van der Waals surface area contributed by atoms with Gasteiger partial charge in [0.25, 0.3) is 0 Å². The molecule has 9 heteroatoms. The molecule has 1 aromatic heterocycles. The Morgan fingerprint density at radius 3 is 2.29 bits per heavy atom. The van der Waals surface area contributed by atoms with E-state index in [9.17, 15) is 17.6 Å². The number of rotatable bonds is 2. The highest BCUT2D eigenvalue weighted by molar-refractivity contribution is 6.28. The summed E-state index contributed by atoms with van der Waals surface area (Å²) in [4.78, 5) is 13.2. The van der Waals surface area contributed by atoms with Crippen molar-refractivity contribution in [2.75, 3.05) is 19.0 Å². The second-order valence-electron chi connectivity index (χ2n) is 4.31. The van der Waals surface area contributed by atoms with Crippen molar-refractivity contribution in [2.24, 2.45) is 0 Å². The van der Waals surface area contributed by atoms with E-state index < -0.39 is 17.6 Å². The Morgan fingerprint density at radius 2 is 1.76 bits per heavy atom. The average molecular weight is 321 g/mol. The van der Waals surface area contributed by atoms with Crippen LogP contribution in [-0.4, -0.2) is 29.0 Å². The molecule has 0 unspecified atom stereocenters. The molecule has 1 aromatic carbocycles. The predicted octanol–water partition coefficient (Wildman–Crippen LogP) is 3.42. The predicted molar refractivity (Wildman–Crippen MR) is 69.6 cm³/mol. The number of hydrogen-bond donors (Lipinski definition) is 0. The Balaban J connectivity index is 2.51. The third-order valence-electron chi connectivity index (χ3n) is 2.53. The molecule has 0 bridgehead atoms. The maximum atomic E-state index is 13.6. The molecule has 2 rings (SSSR count). The monoisotopic (exact) mass is 320 g/mol. The fraction of sp³-hybridized carbons (Fsp3) is 0.250.